The van der Waals surface area contributed by atoms with Gasteiger partial charge in [-0.05, 0) is 31.2 Å². The first-order valence-electron chi connectivity index (χ1n) is 7.63. The maximum atomic E-state index is 12.5. The fourth-order valence-electron chi connectivity index (χ4n) is 2.25. The Labute approximate surface area is 161 Å². The molecule has 0 aliphatic heterocycles. The first-order chi connectivity index (χ1) is 12.7. The summed E-state index contributed by atoms with van der Waals surface area (Å²) in [4.78, 5) is 22.7. The van der Waals surface area contributed by atoms with Crippen LogP contribution in [0.4, 0.5) is 11.4 Å². The fraction of sp³-hybridized carbons (Fsp3) is 0.118. The van der Waals surface area contributed by atoms with Gasteiger partial charge in [0.2, 0.25) is 10.0 Å². The Morgan fingerprint density at radius 3 is 2.67 bits per heavy atom. The molecule has 0 bridgehead atoms. The third kappa shape index (κ3) is 4.70. The van der Waals surface area contributed by atoms with Crippen molar-refractivity contribution in [2.75, 3.05) is 11.9 Å². The Kier molecular flexibility index (Phi) is 6.32. The van der Waals surface area contributed by atoms with Crippen molar-refractivity contribution in [2.24, 2.45) is 0 Å². The Bertz CT molecular complexity index is 1020. The molecule has 2 aromatic carbocycles. The predicted octanol–water partition coefficient (Wildman–Crippen LogP) is 3.27. The van der Waals surface area contributed by atoms with E-state index in [1.54, 1.807) is 0 Å². The summed E-state index contributed by atoms with van der Waals surface area (Å²) < 4.78 is 26.8. The number of halogens is 1. The molecule has 142 valence electrons. The quantitative estimate of drug-likeness (QED) is 0.413. The van der Waals surface area contributed by atoms with Crippen molar-refractivity contribution >= 4 is 38.9 Å². The first-order valence-corrected chi connectivity index (χ1v) is 9.49. The van der Waals surface area contributed by atoms with Crippen molar-refractivity contribution in [3.8, 4) is 0 Å². The monoisotopic (exact) mass is 409 g/mol. The molecule has 0 radical (unpaired) electrons. The zero-order valence-electron chi connectivity index (χ0n) is 14.2. The van der Waals surface area contributed by atoms with Crippen molar-refractivity contribution in [3.05, 3.63) is 75.3 Å². The molecule has 0 saturated carbocycles. The average Bonchev–Trinajstić information content (AvgIpc) is 2.61. The number of carbonyl (C=O) groups excluding carboxylic acids is 1. The second kappa shape index (κ2) is 8.30. The van der Waals surface area contributed by atoms with Gasteiger partial charge < -0.3 is 5.32 Å². The summed E-state index contributed by atoms with van der Waals surface area (Å²) in [5.41, 5.74) is 0.425. The number of amides is 1. The van der Waals surface area contributed by atoms with Crippen LogP contribution in [0.1, 0.15) is 15.9 Å². The van der Waals surface area contributed by atoms with Crippen LogP contribution in [0.3, 0.4) is 0 Å². The minimum atomic E-state index is -3.93. The molecule has 0 heterocycles. The van der Waals surface area contributed by atoms with E-state index in [0.717, 1.165) is 6.07 Å². The highest BCUT2D eigenvalue weighted by atomic mass is 35.5. The van der Waals surface area contributed by atoms with Crippen LogP contribution in [0.5, 0.6) is 0 Å². The highest BCUT2D eigenvalue weighted by Crippen LogP contribution is 2.27. The van der Waals surface area contributed by atoms with Crippen LogP contribution in [-0.2, 0) is 10.0 Å². The van der Waals surface area contributed by atoms with Crippen molar-refractivity contribution < 1.29 is 18.1 Å². The van der Waals surface area contributed by atoms with Gasteiger partial charge in [0.1, 0.15) is 4.90 Å². The predicted molar refractivity (Wildman–Crippen MR) is 103 cm³/mol. The summed E-state index contributed by atoms with van der Waals surface area (Å²) in [5, 5.41) is 13.5. The summed E-state index contributed by atoms with van der Waals surface area (Å²) in [7, 11) is -3.93. The molecule has 0 atom stereocenters. The number of hydrogen-bond acceptors (Lipinski definition) is 5. The number of nitro groups is 1. The zero-order chi connectivity index (χ0) is 20.2. The molecular formula is C17H16ClN3O5S. The zero-order valence-corrected chi connectivity index (χ0v) is 15.8. The lowest BCUT2D eigenvalue weighted by Crippen LogP contribution is -2.24. The van der Waals surface area contributed by atoms with Crippen LogP contribution < -0.4 is 10.0 Å². The van der Waals surface area contributed by atoms with E-state index in [0.29, 0.717) is 0 Å². The maximum absolute atomic E-state index is 12.5. The van der Waals surface area contributed by atoms with Crippen molar-refractivity contribution in [1.29, 1.82) is 0 Å². The average molecular weight is 410 g/mol. The van der Waals surface area contributed by atoms with Gasteiger partial charge in [0.05, 0.1) is 21.2 Å². The normalized spacial score (nSPS) is 11.0. The highest BCUT2D eigenvalue weighted by Gasteiger charge is 2.20. The van der Waals surface area contributed by atoms with Gasteiger partial charge in [-0.2, -0.15) is 0 Å². The van der Waals surface area contributed by atoms with E-state index in [1.807, 2.05) is 0 Å². The standard InChI is InChI=1S/C17H16ClN3O5S/c1-3-9-19-27(25,26)16-10-12(7-8-13(16)18)17(22)20-14-5-4-6-15(11(14)2)21(23)24/h3-8,10,19H,1,9H2,2H3,(H,20,22). The molecular weight excluding hydrogens is 394 g/mol. The van der Waals surface area contributed by atoms with Crippen LogP contribution in [0, 0.1) is 17.0 Å². The minimum Gasteiger partial charge on any atom is -0.321 e. The molecule has 1 amide bonds. The van der Waals surface area contributed by atoms with E-state index in [-0.39, 0.29) is 39.0 Å². The van der Waals surface area contributed by atoms with Gasteiger partial charge in [-0.25, -0.2) is 13.1 Å². The van der Waals surface area contributed by atoms with E-state index in [1.165, 1.54) is 43.3 Å². The Hall–Kier alpha value is -2.75. The molecule has 0 aromatic heterocycles. The lowest BCUT2D eigenvalue weighted by molar-refractivity contribution is -0.385. The van der Waals surface area contributed by atoms with Crippen LogP contribution in [0.15, 0.2) is 53.9 Å². The number of carbonyl (C=O) groups is 1. The van der Waals surface area contributed by atoms with Gasteiger partial charge in [-0.1, -0.05) is 23.7 Å². The van der Waals surface area contributed by atoms with Gasteiger partial charge in [0.15, 0.2) is 0 Å². The summed E-state index contributed by atoms with van der Waals surface area (Å²) in [6.45, 7) is 4.93. The summed E-state index contributed by atoms with van der Waals surface area (Å²) in [5.74, 6) is -0.629. The Morgan fingerprint density at radius 2 is 2.04 bits per heavy atom. The summed E-state index contributed by atoms with van der Waals surface area (Å²) in [6, 6.07) is 8.06. The van der Waals surface area contributed by atoms with Gasteiger partial charge in [0.25, 0.3) is 11.6 Å². The molecule has 2 N–H and O–H groups in total. The number of nitro benzene ring substituents is 1. The molecule has 2 rings (SSSR count). The fourth-order valence-corrected chi connectivity index (χ4v) is 3.77. The summed E-state index contributed by atoms with van der Waals surface area (Å²) in [6.07, 6.45) is 1.37. The van der Waals surface area contributed by atoms with E-state index in [2.05, 4.69) is 16.6 Å². The van der Waals surface area contributed by atoms with Gasteiger partial charge in [-0.3, -0.25) is 14.9 Å². The highest BCUT2D eigenvalue weighted by molar-refractivity contribution is 7.89. The second-order valence-corrected chi connectivity index (χ2v) is 7.59. The third-order valence-electron chi connectivity index (χ3n) is 3.65. The number of nitrogens with one attached hydrogen (secondary N) is 2. The lowest BCUT2D eigenvalue weighted by atomic mass is 10.1. The molecule has 0 aliphatic rings. The SMILES string of the molecule is C=CCNS(=O)(=O)c1cc(C(=O)Nc2cccc([N+](=O)[O-])c2C)ccc1Cl. The first kappa shape index (κ1) is 20.6. The Morgan fingerprint density at radius 1 is 1.33 bits per heavy atom. The Balaban J connectivity index is 2.36. The number of anilines is 1. The van der Waals surface area contributed by atoms with Crippen molar-refractivity contribution in [1.82, 2.24) is 4.72 Å². The van der Waals surface area contributed by atoms with Crippen molar-refractivity contribution in [3.63, 3.8) is 0 Å². The molecule has 0 unspecified atom stereocenters. The van der Waals surface area contributed by atoms with Gasteiger partial charge >= 0.3 is 0 Å². The molecule has 2 aromatic rings. The summed E-state index contributed by atoms with van der Waals surface area (Å²) >= 11 is 5.95. The molecule has 10 heteroatoms. The van der Waals surface area contributed by atoms with Crippen molar-refractivity contribution in [2.45, 2.75) is 11.8 Å². The number of hydrogen-bond donors (Lipinski definition) is 2. The lowest BCUT2D eigenvalue weighted by Gasteiger charge is -2.11. The topological polar surface area (TPSA) is 118 Å². The number of nitrogens with zero attached hydrogens (tertiary/aromatic N) is 1. The molecule has 8 nitrogen and oxygen atoms in total. The van der Waals surface area contributed by atoms with Gasteiger partial charge in [-0.15, -0.1) is 6.58 Å². The minimum absolute atomic E-state index is 0.00195. The van der Waals surface area contributed by atoms with E-state index < -0.39 is 20.9 Å². The molecule has 0 aliphatic carbocycles. The molecule has 0 spiro atoms. The van der Waals surface area contributed by atoms with Crippen LogP contribution in [-0.4, -0.2) is 25.8 Å². The van der Waals surface area contributed by atoms with E-state index in [9.17, 15) is 23.3 Å². The third-order valence-corrected chi connectivity index (χ3v) is 5.56. The second-order valence-electron chi connectivity index (χ2n) is 5.45. The van der Waals surface area contributed by atoms with E-state index in [4.69, 9.17) is 11.6 Å². The van der Waals surface area contributed by atoms with Crippen LogP contribution in [0.25, 0.3) is 0 Å². The maximum Gasteiger partial charge on any atom is 0.274 e. The number of benzene rings is 2. The molecule has 0 fully saturated rings. The van der Waals surface area contributed by atoms with Crippen LogP contribution in [0.2, 0.25) is 5.02 Å². The van der Waals surface area contributed by atoms with Gasteiger partial charge in [0, 0.05) is 18.2 Å². The molecule has 0 saturated heterocycles. The number of rotatable bonds is 7. The van der Waals surface area contributed by atoms with Crippen LogP contribution >= 0.6 is 11.6 Å². The molecule has 27 heavy (non-hydrogen) atoms. The largest absolute Gasteiger partial charge is 0.321 e. The smallest absolute Gasteiger partial charge is 0.274 e. The van der Waals surface area contributed by atoms with E-state index >= 15 is 0 Å². The number of sulfonamides is 1.